The quantitative estimate of drug-likeness (QED) is 0.505. The van der Waals surface area contributed by atoms with E-state index in [0.717, 1.165) is 47.0 Å². The number of quaternary nitrogens is 1. The third-order valence-corrected chi connectivity index (χ3v) is 7.38. The van der Waals surface area contributed by atoms with Gasteiger partial charge in [0.2, 0.25) is 0 Å². The Morgan fingerprint density at radius 3 is 2.67 bits per heavy atom. The van der Waals surface area contributed by atoms with Gasteiger partial charge in [-0.15, -0.1) is 6.58 Å². The molecule has 30 heavy (non-hydrogen) atoms. The normalized spacial score (nSPS) is 28.6. The first kappa shape index (κ1) is 21.0. The lowest BCUT2D eigenvalue weighted by molar-refractivity contribution is -0.984. The lowest BCUT2D eigenvalue weighted by Gasteiger charge is -2.58. The van der Waals surface area contributed by atoms with Crippen LogP contribution in [0.15, 0.2) is 79.5 Å². The molecule has 3 aromatic rings. The number of hydrogen-bond acceptors (Lipinski definition) is 2. The highest BCUT2D eigenvalue weighted by Crippen LogP contribution is 2.47. The molecule has 3 aliphatic heterocycles. The van der Waals surface area contributed by atoms with E-state index in [1.165, 1.54) is 12.0 Å². The maximum Gasteiger partial charge on any atom is 0.131 e. The molecule has 1 N–H and O–H groups in total. The molecule has 4 heterocycles. The van der Waals surface area contributed by atoms with Crippen LogP contribution in [0.25, 0.3) is 10.9 Å². The Kier molecular flexibility index (Phi) is 5.97. The fourth-order valence-corrected chi connectivity index (χ4v) is 5.91. The Hall–Kier alpha value is -2.20. The van der Waals surface area contributed by atoms with Gasteiger partial charge in [0.15, 0.2) is 0 Å². The molecule has 0 saturated carbocycles. The molecular formula is C26H29ClN2O. The summed E-state index contributed by atoms with van der Waals surface area (Å²) in [5.74, 6) is 1.18. The monoisotopic (exact) mass is 420 g/mol. The number of hydrogen-bond donors (Lipinski definition) is 1. The minimum atomic E-state index is -0.486. The predicted octanol–water partition coefficient (Wildman–Crippen LogP) is 1.88. The zero-order valence-corrected chi connectivity index (χ0v) is 18.0. The number of para-hydroxylation sites is 1. The van der Waals surface area contributed by atoms with Crippen LogP contribution in [0, 0.1) is 11.8 Å². The minimum absolute atomic E-state index is 0. The average Bonchev–Trinajstić information content (AvgIpc) is 2.78. The first-order chi connectivity index (χ1) is 14.2. The maximum atomic E-state index is 11.7. The van der Waals surface area contributed by atoms with Crippen molar-refractivity contribution in [3.05, 3.63) is 90.6 Å². The Bertz CT molecular complexity index is 1020. The number of halogens is 1. The van der Waals surface area contributed by atoms with Crippen LogP contribution in [0.4, 0.5) is 0 Å². The van der Waals surface area contributed by atoms with Crippen molar-refractivity contribution in [1.82, 2.24) is 4.98 Å². The van der Waals surface area contributed by atoms with Gasteiger partial charge in [-0.3, -0.25) is 4.98 Å². The van der Waals surface area contributed by atoms with E-state index in [9.17, 15) is 5.11 Å². The van der Waals surface area contributed by atoms with Crippen molar-refractivity contribution in [3.8, 4) is 0 Å². The predicted molar refractivity (Wildman–Crippen MR) is 117 cm³/mol. The van der Waals surface area contributed by atoms with Crippen molar-refractivity contribution in [2.24, 2.45) is 11.8 Å². The highest BCUT2D eigenvalue weighted by atomic mass is 35.5. The standard InChI is InChI=1S/C26H29N2O.ClH/c1-2-20-18-28(17-19-8-4-3-5-9-19)15-13-21(20)16-25(28)26(29)23-12-14-27-24-11-7-6-10-22(23)24;/h2-12,14,20-21,25-26,29H,1,13,15-18H2;1H/q+1;/p-1/t20-,21-,25+,26-,28+;/m0./s1. The Morgan fingerprint density at radius 2 is 1.87 bits per heavy atom. The van der Waals surface area contributed by atoms with Crippen LogP contribution in [-0.4, -0.2) is 33.7 Å². The molecule has 6 rings (SSSR count). The number of aliphatic hydroxyl groups is 1. The molecule has 3 fully saturated rings. The molecule has 4 heteroatoms. The largest absolute Gasteiger partial charge is 1.00 e. The summed E-state index contributed by atoms with van der Waals surface area (Å²) in [6, 6.07) is 21.2. The van der Waals surface area contributed by atoms with E-state index in [0.29, 0.717) is 11.8 Å². The van der Waals surface area contributed by atoms with Crippen LogP contribution in [-0.2, 0) is 6.54 Å². The Balaban J connectivity index is 0.00000218. The summed E-state index contributed by atoms with van der Waals surface area (Å²) in [6.45, 7) is 7.32. The number of aliphatic hydroxyl groups excluding tert-OH is 1. The topological polar surface area (TPSA) is 33.1 Å². The minimum Gasteiger partial charge on any atom is -1.00 e. The third kappa shape index (κ3) is 3.56. The summed E-state index contributed by atoms with van der Waals surface area (Å²) >= 11 is 0. The fourth-order valence-electron chi connectivity index (χ4n) is 5.91. The summed E-state index contributed by atoms with van der Waals surface area (Å²) in [6.07, 6.45) is 5.79. The molecule has 0 aliphatic carbocycles. The number of aromatic nitrogens is 1. The van der Waals surface area contributed by atoms with Gasteiger partial charge in [0.25, 0.3) is 0 Å². The van der Waals surface area contributed by atoms with Gasteiger partial charge in [0, 0.05) is 35.9 Å². The van der Waals surface area contributed by atoms with Crippen molar-refractivity contribution in [1.29, 1.82) is 0 Å². The summed E-state index contributed by atoms with van der Waals surface area (Å²) in [5, 5.41) is 12.8. The first-order valence-corrected chi connectivity index (χ1v) is 10.7. The lowest BCUT2D eigenvalue weighted by atomic mass is 9.71. The molecule has 3 aliphatic rings. The number of piperidine rings is 3. The van der Waals surface area contributed by atoms with Gasteiger partial charge in [-0.05, 0) is 23.6 Å². The Labute approximate surface area is 185 Å². The molecule has 0 spiro atoms. The van der Waals surface area contributed by atoms with E-state index in [-0.39, 0.29) is 18.4 Å². The van der Waals surface area contributed by atoms with Gasteiger partial charge in [-0.1, -0.05) is 54.6 Å². The molecule has 0 radical (unpaired) electrons. The smallest absolute Gasteiger partial charge is 0.131 e. The van der Waals surface area contributed by atoms with Gasteiger partial charge >= 0.3 is 0 Å². The SMILES string of the molecule is C=C[C@H]1C[N@+]2(Cc3ccccc3)CC[C@H]1C[C@@H]2[C@@H](O)c1ccnc2ccccc12.[Cl-]. The summed E-state index contributed by atoms with van der Waals surface area (Å²) in [5.41, 5.74) is 3.33. The second-order valence-electron chi connectivity index (χ2n) is 8.88. The zero-order chi connectivity index (χ0) is 19.8. The van der Waals surface area contributed by atoms with E-state index < -0.39 is 6.10 Å². The summed E-state index contributed by atoms with van der Waals surface area (Å²) in [4.78, 5) is 4.50. The van der Waals surface area contributed by atoms with Crippen LogP contribution in [0.3, 0.4) is 0 Å². The third-order valence-electron chi connectivity index (χ3n) is 7.38. The number of benzene rings is 2. The van der Waals surface area contributed by atoms with Crippen LogP contribution in [0.2, 0.25) is 0 Å². The summed E-state index contributed by atoms with van der Waals surface area (Å²) in [7, 11) is 0. The second-order valence-corrected chi connectivity index (χ2v) is 8.88. The first-order valence-electron chi connectivity index (χ1n) is 10.7. The highest BCUT2D eigenvalue weighted by Gasteiger charge is 2.53. The number of pyridine rings is 1. The van der Waals surface area contributed by atoms with E-state index in [4.69, 9.17) is 0 Å². The zero-order valence-electron chi connectivity index (χ0n) is 17.2. The van der Waals surface area contributed by atoms with Crippen LogP contribution in [0.1, 0.15) is 30.1 Å². The average molecular weight is 421 g/mol. The van der Waals surface area contributed by atoms with Gasteiger partial charge in [-0.2, -0.15) is 0 Å². The molecular weight excluding hydrogens is 392 g/mol. The van der Waals surface area contributed by atoms with Crippen molar-refractivity contribution >= 4 is 10.9 Å². The van der Waals surface area contributed by atoms with Crippen LogP contribution in [0.5, 0.6) is 0 Å². The Morgan fingerprint density at radius 1 is 1.10 bits per heavy atom. The second kappa shape index (κ2) is 8.50. The van der Waals surface area contributed by atoms with Crippen LogP contribution >= 0.6 is 0 Å². The molecule has 2 bridgehead atoms. The molecule has 156 valence electrons. The number of rotatable bonds is 5. The van der Waals surface area contributed by atoms with E-state index in [2.05, 4.69) is 54.0 Å². The van der Waals surface area contributed by atoms with Gasteiger partial charge < -0.3 is 22.0 Å². The molecule has 1 aromatic heterocycles. The van der Waals surface area contributed by atoms with Gasteiger partial charge in [0.1, 0.15) is 18.7 Å². The van der Waals surface area contributed by atoms with Gasteiger partial charge in [-0.25, -0.2) is 0 Å². The fraction of sp³-hybridized carbons (Fsp3) is 0.346. The van der Waals surface area contributed by atoms with E-state index in [1.54, 1.807) is 0 Å². The molecule has 0 amide bonds. The van der Waals surface area contributed by atoms with E-state index >= 15 is 0 Å². The van der Waals surface area contributed by atoms with Crippen molar-refractivity contribution in [2.45, 2.75) is 31.5 Å². The number of nitrogens with zero attached hydrogens (tertiary/aromatic N) is 2. The molecule has 3 nitrogen and oxygen atoms in total. The molecule has 0 unspecified atom stereocenters. The van der Waals surface area contributed by atoms with Crippen LogP contribution < -0.4 is 12.4 Å². The van der Waals surface area contributed by atoms with Crippen molar-refractivity contribution in [3.63, 3.8) is 0 Å². The number of fused-ring (bicyclic) bond motifs is 4. The molecule has 3 saturated heterocycles. The van der Waals surface area contributed by atoms with Crippen molar-refractivity contribution < 1.29 is 22.0 Å². The summed E-state index contributed by atoms with van der Waals surface area (Å²) < 4.78 is 0.953. The van der Waals surface area contributed by atoms with Crippen molar-refractivity contribution in [2.75, 3.05) is 13.1 Å². The van der Waals surface area contributed by atoms with E-state index in [1.807, 2.05) is 30.5 Å². The molecule has 2 aromatic carbocycles. The maximum absolute atomic E-state index is 11.7. The highest BCUT2D eigenvalue weighted by molar-refractivity contribution is 5.82. The molecule has 5 atom stereocenters. The van der Waals surface area contributed by atoms with Gasteiger partial charge in [0.05, 0.1) is 18.6 Å². The lowest BCUT2D eigenvalue weighted by Crippen LogP contribution is -3.00.